The summed E-state index contributed by atoms with van der Waals surface area (Å²) in [5, 5.41) is 1.09. The molecule has 124 valence electrons. The number of aromatic nitrogens is 1. The Kier molecular flexibility index (Phi) is 4.70. The van der Waals surface area contributed by atoms with Crippen molar-refractivity contribution in [3.05, 3.63) is 70.9 Å². The maximum Gasteiger partial charge on any atom is 0.338 e. The fraction of sp³-hybridized carbons (Fsp3) is 0.286. The minimum absolute atomic E-state index is 0.260. The van der Waals surface area contributed by atoms with Crippen molar-refractivity contribution >= 4 is 16.9 Å². The van der Waals surface area contributed by atoms with Crippen LogP contribution in [0.4, 0.5) is 0 Å². The summed E-state index contributed by atoms with van der Waals surface area (Å²) in [6.45, 7) is 7.37. The van der Waals surface area contributed by atoms with E-state index in [1.54, 1.807) is 0 Å². The molecule has 3 heteroatoms. The van der Waals surface area contributed by atoms with Crippen molar-refractivity contribution < 1.29 is 9.53 Å². The van der Waals surface area contributed by atoms with Gasteiger partial charge in [-0.2, -0.15) is 0 Å². The zero-order valence-electron chi connectivity index (χ0n) is 14.5. The first kappa shape index (κ1) is 16.3. The van der Waals surface area contributed by atoms with E-state index in [-0.39, 0.29) is 5.97 Å². The molecule has 2 aromatic carbocycles. The first-order valence-corrected chi connectivity index (χ1v) is 8.47. The first-order chi connectivity index (χ1) is 11.6. The van der Waals surface area contributed by atoms with E-state index in [0.29, 0.717) is 12.2 Å². The lowest BCUT2D eigenvalue weighted by Gasteiger charge is -2.08. The fourth-order valence-corrected chi connectivity index (χ4v) is 3.10. The summed E-state index contributed by atoms with van der Waals surface area (Å²) in [6.07, 6.45) is 0.886. The molecule has 3 aromatic rings. The Labute approximate surface area is 142 Å². The number of carbonyl (C=O) groups excluding carboxylic acids is 1. The zero-order chi connectivity index (χ0) is 17.1. The molecule has 1 heterocycles. The summed E-state index contributed by atoms with van der Waals surface area (Å²) >= 11 is 0. The van der Waals surface area contributed by atoms with E-state index >= 15 is 0 Å². The molecule has 0 aliphatic heterocycles. The summed E-state index contributed by atoms with van der Waals surface area (Å²) in [4.78, 5) is 11.9. The number of fused-ring (bicyclic) bond motifs is 1. The van der Waals surface area contributed by atoms with Gasteiger partial charge in [-0.3, -0.25) is 0 Å². The number of benzene rings is 2. The summed E-state index contributed by atoms with van der Waals surface area (Å²) in [5.41, 5.74) is 5.60. The number of carbonyl (C=O) groups is 1. The Morgan fingerprint density at radius 1 is 1.04 bits per heavy atom. The van der Waals surface area contributed by atoms with Crippen molar-refractivity contribution in [2.75, 3.05) is 6.61 Å². The molecule has 0 radical (unpaired) electrons. The van der Waals surface area contributed by atoms with E-state index in [2.05, 4.69) is 48.7 Å². The molecule has 24 heavy (non-hydrogen) atoms. The molecule has 1 aromatic heterocycles. The van der Waals surface area contributed by atoms with Gasteiger partial charge in [0, 0.05) is 29.6 Å². The van der Waals surface area contributed by atoms with E-state index in [1.165, 1.54) is 16.8 Å². The van der Waals surface area contributed by atoms with E-state index in [1.807, 2.05) is 25.1 Å². The van der Waals surface area contributed by atoms with Gasteiger partial charge in [0.2, 0.25) is 0 Å². The maximum atomic E-state index is 11.9. The Hall–Kier alpha value is -2.55. The molecule has 3 nitrogen and oxygen atoms in total. The Morgan fingerprint density at radius 2 is 1.79 bits per heavy atom. The van der Waals surface area contributed by atoms with Crippen molar-refractivity contribution in [1.82, 2.24) is 4.57 Å². The van der Waals surface area contributed by atoms with E-state index in [9.17, 15) is 4.79 Å². The third-order valence-electron chi connectivity index (χ3n) is 4.32. The molecule has 0 amide bonds. The van der Waals surface area contributed by atoms with E-state index in [0.717, 1.165) is 23.9 Å². The number of nitrogens with zero attached hydrogens (tertiary/aromatic N) is 1. The van der Waals surface area contributed by atoms with Crippen LogP contribution in [0.1, 0.15) is 41.0 Å². The smallest absolute Gasteiger partial charge is 0.338 e. The standard InChI is InChI=1S/C21H23NO2/c1-4-22-19(12-16-8-6-15(3)7-9-16)14-18-13-17(10-11-20(18)22)21(23)24-5-2/h6-11,13-14H,4-5,12H2,1-3H3. The van der Waals surface area contributed by atoms with Gasteiger partial charge in [-0.25, -0.2) is 4.79 Å². The molecule has 0 unspecified atom stereocenters. The fourth-order valence-electron chi connectivity index (χ4n) is 3.10. The highest BCUT2D eigenvalue weighted by molar-refractivity contribution is 5.95. The Balaban J connectivity index is 1.98. The average molecular weight is 321 g/mol. The number of hydrogen-bond acceptors (Lipinski definition) is 2. The minimum atomic E-state index is -0.260. The molecule has 0 saturated heterocycles. The zero-order valence-corrected chi connectivity index (χ0v) is 14.5. The van der Waals surface area contributed by atoms with Crippen LogP contribution in [-0.2, 0) is 17.7 Å². The molecular formula is C21H23NO2. The van der Waals surface area contributed by atoms with Crippen molar-refractivity contribution in [2.24, 2.45) is 0 Å². The summed E-state index contributed by atoms with van der Waals surface area (Å²) in [7, 11) is 0. The summed E-state index contributed by atoms with van der Waals surface area (Å²) < 4.78 is 7.41. The van der Waals surface area contributed by atoms with Gasteiger partial charge in [-0.1, -0.05) is 29.8 Å². The number of aryl methyl sites for hydroxylation is 2. The van der Waals surface area contributed by atoms with Gasteiger partial charge in [-0.15, -0.1) is 0 Å². The summed E-state index contributed by atoms with van der Waals surface area (Å²) in [5.74, 6) is -0.260. The number of rotatable bonds is 5. The number of hydrogen-bond donors (Lipinski definition) is 0. The molecule has 0 atom stereocenters. The second-order valence-corrected chi connectivity index (χ2v) is 6.04. The van der Waals surface area contributed by atoms with Gasteiger partial charge in [0.1, 0.15) is 0 Å². The summed E-state index contributed by atoms with van der Waals surface area (Å²) in [6, 6.07) is 16.6. The SMILES string of the molecule is CCOC(=O)c1ccc2c(c1)cc(Cc1ccc(C)cc1)n2CC. The topological polar surface area (TPSA) is 31.2 Å². The predicted octanol–water partition coefficient (Wildman–Crippen LogP) is 4.74. The lowest BCUT2D eigenvalue weighted by atomic mass is 10.1. The molecule has 0 spiro atoms. The van der Waals surface area contributed by atoms with Gasteiger partial charge >= 0.3 is 5.97 Å². The van der Waals surface area contributed by atoms with Crippen molar-refractivity contribution in [3.63, 3.8) is 0 Å². The molecule has 0 bridgehead atoms. The van der Waals surface area contributed by atoms with Gasteiger partial charge in [-0.05, 0) is 50.6 Å². The van der Waals surface area contributed by atoms with Gasteiger partial charge < -0.3 is 9.30 Å². The maximum absolute atomic E-state index is 11.9. The second-order valence-electron chi connectivity index (χ2n) is 6.04. The molecule has 0 aliphatic carbocycles. The molecule has 3 rings (SSSR count). The minimum Gasteiger partial charge on any atom is -0.462 e. The molecule has 0 fully saturated rings. The monoisotopic (exact) mass is 321 g/mol. The van der Waals surface area contributed by atoms with Crippen LogP contribution in [0.25, 0.3) is 10.9 Å². The van der Waals surface area contributed by atoms with Crippen LogP contribution >= 0.6 is 0 Å². The molecular weight excluding hydrogens is 298 g/mol. The van der Waals surface area contributed by atoms with Gasteiger partial charge in [0.25, 0.3) is 0 Å². The van der Waals surface area contributed by atoms with Crippen LogP contribution in [0.3, 0.4) is 0 Å². The second kappa shape index (κ2) is 6.91. The normalized spacial score (nSPS) is 11.0. The molecule has 0 N–H and O–H groups in total. The number of ether oxygens (including phenoxy) is 1. The van der Waals surface area contributed by atoms with Crippen LogP contribution in [-0.4, -0.2) is 17.1 Å². The average Bonchev–Trinajstić information content (AvgIpc) is 2.93. The van der Waals surface area contributed by atoms with Crippen LogP contribution in [0.15, 0.2) is 48.5 Å². The quantitative estimate of drug-likeness (QED) is 0.636. The van der Waals surface area contributed by atoms with Crippen molar-refractivity contribution in [2.45, 2.75) is 33.7 Å². The first-order valence-electron chi connectivity index (χ1n) is 8.47. The largest absolute Gasteiger partial charge is 0.462 e. The highest BCUT2D eigenvalue weighted by Crippen LogP contribution is 2.24. The predicted molar refractivity (Wildman–Crippen MR) is 97.6 cm³/mol. The van der Waals surface area contributed by atoms with E-state index in [4.69, 9.17) is 4.74 Å². The van der Waals surface area contributed by atoms with Crippen LogP contribution in [0.2, 0.25) is 0 Å². The van der Waals surface area contributed by atoms with Gasteiger partial charge in [0.05, 0.1) is 12.2 Å². The van der Waals surface area contributed by atoms with Crippen molar-refractivity contribution in [1.29, 1.82) is 0 Å². The Bertz CT molecular complexity index is 859. The number of esters is 1. The third-order valence-corrected chi connectivity index (χ3v) is 4.32. The van der Waals surface area contributed by atoms with E-state index < -0.39 is 0 Å². The highest BCUT2D eigenvalue weighted by atomic mass is 16.5. The van der Waals surface area contributed by atoms with Crippen molar-refractivity contribution in [3.8, 4) is 0 Å². The Morgan fingerprint density at radius 3 is 2.46 bits per heavy atom. The van der Waals surface area contributed by atoms with Gasteiger partial charge in [0.15, 0.2) is 0 Å². The van der Waals surface area contributed by atoms with Crippen LogP contribution in [0, 0.1) is 6.92 Å². The lowest BCUT2D eigenvalue weighted by molar-refractivity contribution is 0.0526. The van der Waals surface area contributed by atoms with Crippen LogP contribution in [0.5, 0.6) is 0 Å². The lowest BCUT2D eigenvalue weighted by Crippen LogP contribution is -2.04. The molecule has 0 saturated carbocycles. The van der Waals surface area contributed by atoms with Crippen LogP contribution < -0.4 is 0 Å². The highest BCUT2D eigenvalue weighted by Gasteiger charge is 2.12. The molecule has 0 aliphatic rings. The third kappa shape index (κ3) is 3.21.